The number of hydrogen-bond acceptors (Lipinski definition) is 5. The monoisotopic (exact) mass is 323 g/mol. The van der Waals surface area contributed by atoms with E-state index in [9.17, 15) is 0 Å². The van der Waals surface area contributed by atoms with E-state index in [-0.39, 0.29) is 0 Å². The molecule has 2 aromatic heterocycles. The van der Waals surface area contributed by atoms with Gasteiger partial charge in [0.05, 0.1) is 35.9 Å². The van der Waals surface area contributed by atoms with E-state index in [1.54, 1.807) is 13.4 Å². The second kappa shape index (κ2) is 6.20. The molecule has 1 fully saturated rings. The number of benzene rings is 1. The lowest BCUT2D eigenvalue weighted by Gasteiger charge is -2.22. The first-order chi connectivity index (χ1) is 11.8. The molecule has 6 nitrogen and oxygen atoms in total. The van der Waals surface area contributed by atoms with Gasteiger partial charge in [0.2, 0.25) is 0 Å². The standard InChI is InChI=1S/C18H21N5O/c1-13-21-17-16(23(13)15-9-19-12-20-10-15)6-5-14(11-24-2)18(17)22-7-3-4-8-22/h5-6,9-10,12H,3-4,7-8,11H2,1-2H3. The third-order valence-electron chi connectivity index (χ3n) is 4.58. The topological polar surface area (TPSA) is 56.1 Å². The Morgan fingerprint density at radius 2 is 1.88 bits per heavy atom. The van der Waals surface area contributed by atoms with Gasteiger partial charge in [-0.1, -0.05) is 6.07 Å². The minimum Gasteiger partial charge on any atom is -0.380 e. The highest BCUT2D eigenvalue weighted by atomic mass is 16.5. The van der Waals surface area contributed by atoms with Crippen molar-refractivity contribution in [3.8, 4) is 5.69 Å². The highest BCUT2D eigenvalue weighted by Crippen LogP contribution is 2.34. The van der Waals surface area contributed by atoms with Crippen LogP contribution in [0.2, 0.25) is 0 Å². The number of ether oxygens (including phenoxy) is 1. The van der Waals surface area contributed by atoms with Crippen molar-refractivity contribution in [3.63, 3.8) is 0 Å². The molecule has 3 aromatic rings. The highest BCUT2D eigenvalue weighted by molar-refractivity contribution is 5.92. The second-order valence-corrected chi connectivity index (χ2v) is 6.16. The van der Waals surface area contributed by atoms with Crippen molar-refractivity contribution in [2.24, 2.45) is 0 Å². The molecule has 0 unspecified atom stereocenters. The maximum atomic E-state index is 5.42. The Bertz CT molecular complexity index is 853. The summed E-state index contributed by atoms with van der Waals surface area (Å²) in [5.41, 5.74) is 5.47. The average Bonchev–Trinajstić information content (AvgIpc) is 3.23. The smallest absolute Gasteiger partial charge is 0.115 e. The Balaban J connectivity index is 1.95. The van der Waals surface area contributed by atoms with E-state index in [4.69, 9.17) is 9.72 Å². The van der Waals surface area contributed by atoms with Crippen LogP contribution in [0.1, 0.15) is 24.2 Å². The lowest BCUT2D eigenvalue weighted by molar-refractivity contribution is 0.185. The molecule has 0 bridgehead atoms. The first-order valence-electron chi connectivity index (χ1n) is 8.30. The van der Waals surface area contributed by atoms with Gasteiger partial charge in [0.1, 0.15) is 17.7 Å². The van der Waals surface area contributed by atoms with E-state index in [2.05, 4.69) is 31.6 Å². The lowest BCUT2D eigenvalue weighted by atomic mass is 10.1. The largest absolute Gasteiger partial charge is 0.380 e. The third-order valence-corrected chi connectivity index (χ3v) is 4.58. The molecule has 1 aliphatic heterocycles. The van der Waals surface area contributed by atoms with Gasteiger partial charge in [0, 0.05) is 25.8 Å². The van der Waals surface area contributed by atoms with Crippen molar-refractivity contribution in [2.75, 3.05) is 25.1 Å². The van der Waals surface area contributed by atoms with Crippen molar-refractivity contribution in [2.45, 2.75) is 26.4 Å². The predicted molar refractivity (Wildman–Crippen MR) is 93.6 cm³/mol. The number of aryl methyl sites for hydroxylation is 1. The van der Waals surface area contributed by atoms with Crippen LogP contribution < -0.4 is 4.90 Å². The normalized spacial score (nSPS) is 14.7. The molecular weight excluding hydrogens is 302 g/mol. The SMILES string of the molecule is COCc1ccc2c(nc(C)n2-c2cncnc2)c1N1CCCC1. The first kappa shape index (κ1) is 15.1. The van der Waals surface area contributed by atoms with Gasteiger partial charge in [-0.15, -0.1) is 0 Å². The Labute approximate surface area is 141 Å². The fourth-order valence-electron chi connectivity index (χ4n) is 3.59. The van der Waals surface area contributed by atoms with Crippen LogP contribution in [-0.4, -0.2) is 39.7 Å². The minimum absolute atomic E-state index is 0.599. The molecule has 0 N–H and O–H groups in total. The molecule has 0 radical (unpaired) electrons. The predicted octanol–water partition coefficient (Wildman–Crippen LogP) is 2.87. The van der Waals surface area contributed by atoms with E-state index in [0.717, 1.165) is 35.6 Å². The zero-order valence-electron chi connectivity index (χ0n) is 14.1. The molecule has 24 heavy (non-hydrogen) atoms. The lowest BCUT2D eigenvalue weighted by Crippen LogP contribution is -2.20. The van der Waals surface area contributed by atoms with Crippen LogP contribution in [0.15, 0.2) is 30.9 Å². The molecule has 124 valence electrons. The molecule has 0 saturated carbocycles. The zero-order chi connectivity index (χ0) is 16.5. The Kier molecular flexibility index (Phi) is 3.90. The van der Waals surface area contributed by atoms with Crippen LogP contribution in [0.5, 0.6) is 0 Å². The van der Waals surface area contributed by atoms with Crippen LogP contribution in [-0.2, 0) is 11.3 Å². The number of anilines is 1. The Morgan fingerprint density at radius 3 is 2.58 bits per heavy atom. The van der Waals surface area contributed by atoms with Gasteiger partial charge < -0.3 is 9.64 Å². The van der Waals surface area contributed by atoms with Crippen molar-refractivity contribution in [1.82, 2.24) is 19.5 Å². The molecule has 0 aliphatic carbocycles. The zero-order valence-corrected chi connectivity index (χ0v) is 14.1. The van der Waals surface area contributed by atoms with Gasteiger partial charge in [-0.25, -0.2) is 15.0 Å². The summed E-state index contributed by atoms with van der Waals surface area (Å²) in [6.07, 6.45) is 7.65. The number of imidazole rings is 1. The number of rotatable bonds is 4. The van der Waals surface area contributed by atoms with Crippen molar-refractivity contribution in [3.05, 3.63) is 42.2 Å². The molecular formula is C18H21N5O. The van der Waals surface area contributed by atoms with Gasteiger partial charge in [-0.3, -0.25) is 4.57 Å². The molecule has 0 spiro atoms. The van der Waals surface area contributed by atoms with Crippen LogP contribution in [0, 0.1) is 6.92 Å². The highest BCUT2D eigenvalue weighted by Gasteiger charge is 2.22. The molecule has 1 saturated heterocycles. The molecule has 3 heterocycles. The summed E-state index contributed by atoms with van der Waals surface area (Å²) in [7, 11) is 1.74. The molecule has 6 heteroatoms. The van der Waals surface area contributed by atoms with E-state index >= 15 is 0 Å². The van der Waals surface area contributed by atoms with E-state index < -0.39 is 0 Å². The molecule has 0 amide bonds. The summed E-state index contributed by atoms with van der Waals surface area (Å²) in [6.45, 7) is 4.78. The quantitative estimate of drug-likeness (QED) is 0.739. The molecule has 4 rings (SSSR count). The molecule has 1 aliphatic rings. The van der Waals surface area contributed by atoms with Gasteiger partial charge in [0.25, 0.3) is 0 Å². The average molecular weight is 323 g/mol. The van der Waals surface area contributed by atoms with Gasteiger partial charge >= 0.3 is 0 Å². The van der Waals surface area contributed by atoms with Crippen LogP contribution >= 0.6 is 0 Å². The minimum atomic E-state index is 0.599. The number of nitrogens with zero attached hydrogens (tertiary/aromatic N) is 5. The molecule has 0 atom stereocenters. The van der Waals surface area contributed by atoms with Crippen molar-refractivity contribution < 1.29 is 4.74 Å². The third kappa shape index (κ3) is 2.43. The molecule has 1 aromatic carbocycles. The maximum absolute atomic E-state index is 5.42. The summed E-state index contributed by atoms with van der Waals surface area (Å²) in [5, 5.41) is 0. The summed E-state index contributed by atoms with van der Waals surface area (Å²) >= 11 is 0. The van der Waals surface area contributed by atoms with Crippen molar-refractivity contribution in [1.29, 1.82) is 0 Å². The van der Waals surface area contributed by atoms with Gasteiger partial charge in [-0.05, 0) is 25.8 Å². The first-order valence-corrected chi connectivity index (χ1v) is 8.30. The second-order valence-electron chi connectivity index (χ2n) is 6.16. The van der Waals surface area contributed by atoms with Gasteiger partial charge in [-0.2, -0.15) is 0 Å². The fraction of sp³-hybridized carbons (Fsp3) is 0.389. The Morgan fingerprint density at radius 1 is 1.12 bits per heavy atom. The summed E-state index contributed by atoms with van der Waals surface area (Å²) in [4.78, 5) is 15.6. The van der Waals surface area contributed by atoms with E-state index in [0.29, 0.717) is 6.61 Å². The maximum Gasteiger partial charge on any atom is 0.115 e. The summed E-state index contributed by atoms with van der Waals surface area (Å²) < 4.78 is 7.53. The number of aromatic nitrogens is 4. The van der Waals surface area contributed by atoms with E-state index in [1.165, 1.54) is 24.1 Å². The summed E-state index contributed by atoms with van der Waals surface area (Å²) in [6, 6.07) is 4.27. The fourth-order valence-corrected chi connectivity index (χ4v) is 3.59. The van der Waals surface area contributed by atoms with E-state index in [1.807, 2.05) is 19.3 Å². The number of methoxy groups -OCH3 is 1. The van der Waals surface area contributed by atoms with Crippen LogP contribution in [0.4, 0.5) is 5.69 Å². The van der Waals surface area contributed by atoms with Crippen LogP contribution in [0.3, 0.4) is 0 Å². The summed E-state index contributed by atoms with van der Waals surface area (Å²) in [5.74, 6) is 0.940. The Hall–Kier alpha value is -2.47. The number of hydrogen-bond donors (Lipinski definition) is 0. The van der Waals surface area contributed by atoms with Gasteiger partial charge in [0.15, 0.2) is 0 Å². The number of fused-ring (bicyclic) bond motifs is 1. The van der Waals surface area contributed by atoms with Crippen molar-refractivity contribution >= 4 is 16.7 Å². The van der Waals surface area contributed by atoms with Crippen LogP contribution in [0.25, 0.3) is 16.7 Å².